The Morgan fingerprint density at radius 2 is 1.98 bits per heavy atom. The van der Waals surface area contributed by atoms with Gasteiger partial charge in [-0.2, -0.15) is 9.78 Å². The number of fused-ring (bicyclic) bond motifs is 1. The van der Waals surface area contributed by atoms with Crippen LogP contribution in [0.15, 0.2) is 69.0 Å². The van der Waals surface area contributed by atoms with E-state index in [4.69, 9.17) is 9.47 Å². The van der Waals surface area contributed by atoms with E-state index in [9.17, 15) is 24.1 Å². The third-order valence-corrected chi connectivity index (χ3v) is 6.75. The number of benzene rings is 3. The maximum Gasteiger partial charge on any atom is 0.315 e. The molecule has 0 spiro atoms. The number of carbonyl (C=O) groups excluding carboxylic acids is 1. The third-order valence-electron chi connectivity index (χ3n) is 6.26. The topological polar surface area (TPSA) is 138 Å². The van der Waals surface area contributed by atoms with Gasteiger partial charge in [0.05, 0.1) is 34.3 Å². The molecule has 1 aromatic heterocycles. The molecule has 13 heteroatoms. The van der Waals surface area contributed by atoms with Gasteiger partial charge in [-0.15, -0.1) is 0 Å². The first-order valence-corrected chi connectivity index (χ1v) is 13.8. The molecular weight excluding hydrogens is 613 g/mol. The summed E-state index contributed by atoms with van der Waals surface area (Å²) in [7, 11) is 0. The Labute approximate surface area is 248 Å². The molecule has 11 nitrogen and oxygen atoms in total. The summed E-state index contributed by atoms with van der Waals surface area (Å²) in [5.74, 6) is -1.33. The van der Waals surface area contributed by atoms with Gasteiger partial charge in [0, 0.05) is 22.0 Å². The number of hydrogen-bond donors (Lipinski definition) is 1. The number of nitrogens with zero attached hydrogens (tertiary/aromatic N) is 4. The number of nitrogens with one attached hydrogen (secondary N) is 1. The van der Waals surface area contributed by atoms with Crippen LogP contribution in [0, 0.1) is 15.9 Å². The zero-order valence-corrected chi connectivity index (χ0v) is 24.6. The number of carbonyl (C=O) groups is 1. The molecule has 42 heavy (non-hydrogen) atoms. The molecule has 218 valence electrons. The fraction of sp³-hybridized carbons (Fsp3) is 0.241. The van der Waals surface area contributed by atoms with E-state index in [1.165, 1.54) is 41.2 Å². The van der Waals surface area contributed by atoms with Gasteiger partial charge >= 0.3 is 5.69 Å². The summed E-state index contributed by atoms with van der Waals surface area (Å²) in [6.45, 7) is 5.05. The maximum absolute atomic E-state index is 13.9. The van der Waals surface area contributed by atoms with E-state index in [0.717, 1.165) is 0 Å². The number of nitro benzene ring substituents is 1. The van der Waals surface area contributed by atoms with Gasteiger partial charge in [-0.05, 0) is 49.7 Å². The van der Waals surface area contributed by atoms with E-state index in [-0.39, 0.29) is 35.3 Å². The van der Waals surface area contributed by atoms with E-state index in [2.05, 4.69) is 31.3 Å². The maximum atomic E-state index is 13.9. The average Bonchev–Trinajstić information content (AvgIpc) is 2.97. The normalized spacial score (nSPS) is 11.9. The Morgan fingerprint density at radius 3 is 2.67 bits per heavy atom. The molecule has 0 aliphatic rings. The smallest absolute Gasteiger partial charge is 0.315 e. The average molecular weight is 640 g/mol. The predicted octanol–water partition coefficient (Wildman–Crippen LogP) is 6.02. The lowest BCUT2D eigenvalue weighted by atomic mass is 10.1. The molecule has 0 saturated heterocycles. The molecule has 4 aromatic rings. The first kappa shape index (κ1) is 30.3. The number of rotatable bonds is 11. The van der Waals surface area contributed by atoms with Crippen molar-refractivity contribution in [3.63, 3.8) is 0 Å². The molecule has 3 aromatic carbocycles. The van der Waals surface area contributed by atoms with Crippen LogP contribution < -0.4 is 20.3 Å². The third kappa shape index (κ3) is 6.79. The van der Waals surface area contributed by atoms with Gasteiger partial charge in [0.15, 0.2) is 12.4 Å². The lowest BCUT2D eigenvalue weighted by Gasteiger charge is -2.14. The summed E-state index contributed by atoms with van der Waals surface area (Å²) >= 11 is 3.37. The SMILES string of the molecule is CCOc1cc(C=Nn2c([C@@H](C)CC)nc3ccc(Br)cc3c2=O)cc([N+](=O)[O-])c1OCC(=O)Nc1ccccc1F. The number of para-hydroxylation sites is 1. The van der Waals surface area contributed by atoms with Crippen LogP contribution in [0.1, 0.15) is 44.5 Å². The number of aromatic nitrogens is 2. The number of amides is 1. The molecule has 1 heterocycles. The summed E-state index contributed by atoms with van der Waals surface area (Å²) in [4.78, 5) is 41.8. The minimum Gasteiger partial charge on any atom is -0.490 e. The molecule has 0 saturated carbocycles. The van der Waals surface area contributed by atoms with Crippen LogP contribution in [0.2, 0.25) is 0 Å². The quantitative estimate of drug-likeness (QED) is 0.120. The van der Waals surface area contributed by atoms with Gasteiger partial charge in [0.2, 0.25) is 5.75 Å². The minimum atomic E-state index is -0.727. The lowest BCUT2D eigenvalue weighted by molar-refractivity contribution is -0.385. The van der Waals surface area contributed by atoms with Gasteiger partial charge in [0.1, 0.15) is 11.6 Å². The molecule has 0 radical (unpaired) electrons. The summed E-state index contributed by atoms with van der Waals surface area (Å²) in [6.07, 6.45) is 1.99. The van der Waals surface area contributed by atoms with Gasteiger partial charge in [-0.1, -0.05) is 41.9 Å². The van der Waals surface area contributed by atoms with E-state index < -0.39 is 34.5 Å². The monoisotopic (exact) mass is 639 g/mol. The number of ether oxygens (including phenoxy) is 2. The van der Waals surface area contributed by atoms with Crippen LogP contribution >= 0.6 is 15.9 Å². The van der Waals surface area contributed by atoms with Crippen molar-refractivity contribution in [2.45, 2.75) is 33.1 Å². The van der Waals surface area contributed by atoms with Gasteiger partial charge in [-0.25, -0.2) is 9.37 Å². The molecular formula is C29H27BrFN5O6. The van der Waals surface area contributed by atoms with Crippen LogP contribution in [-0.2, 0) is 4.79 Å². The second-order valence-corrected chi connectivity index (χ2v) is 10.1. The molecule has 1 amide bonds. The molecule has 1 atom stereocenters. The van der Waals surface area contributed by atoms with Crippen molar-refractivity contribution in [3.05, 3.63) is 96.7 Å². The highest BCUT2D eigenvalue weighted by atomic mass is 79.9. The van der Waals surface area contributed by atoms with E-state index in [1.807, 2.05) is 13.8 Å². The Balaban J connectivity index is 1.71. The van der Waals surface area contributed by atoms with E-state index >= 15 is 0 Å². The van der Waals surface area contributed by atoms with Crippen LogP contribution in [0.5, 0.6) is 11.5 Å². The van der Waals surface area contributed by atoms with Crippen molar-refractivity contribution in [2.75, 3.05) is 18.5 Å². The highest BCUT2D eigenvalue weighted by Crippen LogP contribution is 2.38. The lowest BCUT2D eigenvalue weighted by Crippen LogP contribution is -2.23. The fourth-order valence-corrected chi connectivity index (χ4v) is 4.38. The molecule has 0 unspecified atom stereocenters. The van der Waals surface area contributed by atoms with Crippen LogP contribution in [0.25, 0.3) is 10.9 Å². The number of anilines is 1. The first-order valence-electron chi connectivity index (χ1n) is 13.0. The summed E-state index contributed by atoms with van der Waals surface area (Å²) in [5, 5.41) is 19.1. The van der Waals surface area contributed by atoms with Crippen LogP contribution in [-0.4, -0.2) is 39.9 Å². The Kier molecular flexibility index (Phi) is 9.63. The summed E-state index contributed by atoms with van der Waals surface area (Å²) < 4.78 is 26.9. The second-order valence-electron chi connectivity index (χ2n) is 9.18. The van der Waals surface area contributed by atoms with Crippen molar-refractivity contribution < 1.29 is 23.6 Å². The predicted molar refractivity (Wildman–Crippen MR) is 160 cm³/mol. The van der Waals surface area contributed by atoms with Crippen molar-refractivity contribution in [1.82, 2.24) is 9.66 Å². The Hall–Kier alpha value is -4.65. The molecule has 0 fully saturated rings. The minimum absolute atomic E-state index is 0.0121. The van der Waals surface area contributed by atoms with Gasteiger partial charge < -0.3 is 14.8 Å². The number of halogens is 2. The second kappa shape index (κ2) is 13.3. The highest BCUT2D eigenvalue weighted by molar-refractivity contribution is 9.10. The molecule has 1 N–H and O–H groups in total. The van der Waals surface area contributed by atoms with Crippen molar-refractivity contribution in [2.24, 2.45) is 5.10 Å². The highest BCUT2D eigenvalue weighted by Gasteiger charge is 2.24. The van der Waals surface area contributed by atoms with Gasteiger partial charge in [0.25, 0.3) is 11.5 Å². The largest absolute Gasteiger partial charge is 0.490 e. The number of nitro groups is 1. The molecule has 0 aliphatic heterocycles. The molecule has 4 rings (SSSR count). The standard InChI is InChI=1S/C29H27BrFN5O6/c1-4-17(3)28-34-22-11-10-19(30)14-20(22)29(38)35(28)32-15-18-12-24(36(39)40)27(25(13-18)41-5-2)42-16-26(37)33-23-9-7-6-8-21(23)31/h6-15,17H,4-5,16H2,1-3H3,(H,33,37)/t17-/m0/s1. The Bertz CT molecular complexity index is 1740. The fourth-order valence-electron chi connectivity index (χ4n) is 4.02. The van der Waals surface area contributed by atoms with E-state index in [0.29, 0.717) is 27.6 Å². The molecule has 0 aliphatic carbocycles. The zero-order valence-electron chi connectivity index (χ0n) is 23.0. The van der Waals surface area contributed by atoms with Crippen molar-refractivity contribution in [3.8, 4) is 11.5 Å². The summed E-state index contributed by atoms with van der Waals surface area (Å²) in [5.41, 5.74) is -0.173. The zero-order chi connectivity index (χ0) is 30.4. The Morgan fingerprint density at radius 1 is 1.21 bits per heavy atom. The van der Waals surface area contributed by atoms with Crippen LogP contribution in [0.4, 0.5) is 15.8 Å². The van der Waals surface area contributed by atoms with Gasteiger partial charge in [-0.3, -0.25) is 19.7 Å². The van der Waals surface area contributed by atoms with Crippen molar-refractivity contribution in [1.29, 1.82) is 0 Å². The molecule has 0 bridgehead atoms. The number of hydrogen-bond acceptors (Lipinski definition) is 8. The van der Waals surface area contributed by atoms with Crippen molar-refractivity contribution >= 4 is 50.3 Å². The van der Waals surface area contributed by atoms with E-state index in [1.54, 1.807) is 31.2 Å². The first-order chi connectivity index (χ1) is 20.1. The summed E-state index contributed by atoms with van der Waals surface area (Å²) in [6, 6.07) is 13.4. The van der Waals surface area contributed by atoms with Crippen LogP contribution in [0.3, 0.4) is 0 Å².